The van der Waals surface area contributed by atoms with Crippen molar-refractivity contribution in [2.75, 3.05) is 5.32 Å². The van der Waals surface area contributed by atoms with Gasteiger partial charge in [-0.25, -0.2) is 0 Å². The minimum absolute atomic E-state index is 0.0140. The van der Waals surface area contributed by atoms with Gasteiger partial charge in [0.1, 0.15) is 5.69 Å². The Balaban J connectivity index is 1.80. The first-order valence-electron chi connectivity index (χ1n) is 9.63. The van der Waals surface area contributed by atoms with Crippen molar-refractivity contribution in [2.24, 2.45) is 0 Å². The lowest BCUT2D eigenvalue weighted by atomic mass is 10.1. The average Bonchev–Trinajstić information content (AvgIpc) is 2.74. The maximum absolute atomic E-state index is 13.1. The molecule has 3 rings (SSSR count). The van der Waals surface area contributed by atoms with Crippen molar-refractivity contribution in [3.63, 3.8) is 0 Å². The summed E-state index contributed by atoms with van der Waals surface area (Å²) in [6.07, 6.45) is 1.50. The van der Waals surface area contributed by atoms with E-state index in [9.17, 15) is 9.59 Å². The summed E-state index contributed by atoms with van der Waals surface area (Å²) in [6, 6.07) is 20.6. The van der Waals surface area contributed by atoms with Crippen molar-refractivity contribution in [3.05, 3.63) is 95.3 Å². The third kappa shape index (κ3) is 5.08. The summed E-state index contributed by atoms with van der Waals surface area (Å²) in [5, 5.41) is 2.86. The molecule has 2 aromatic carbocycles. The second-order valence-electron chi connectivity index (χ2n) is 7.21. The van der Waals surface area contributed by atoms with Crippen molar-refractivity contribution in [1.82, 2.24) is 9.88 Å². The molecule has 29 heavy (non-hydrogen) atoms. The molecule has 0 saturated carbocycles. The summed E-state index contributed by atoms with van der Waals surface area (Å²) in [5.41, 5.74) is 3.40. The molecule has 0 fully saturated rings. The summed E-state index contributed by atoms with van der Waals surface area (Å²) in [4.78, 5) is 31.7. The molecule has 0 bridgehead atoms. The fraction of sp³-hybridized carbons (Fsp3) is 0.208. The molecular formula is C24H25N3O2. The Morgan fingerprint density at radius 1 is 1.00 bits per heavy atom. The van der Waals surface area contributed by atoms with Crippen LogP contribution >= 0.6 is 0 Å². The van der Waals surface area contributed by atoms with Crippen molar-refractivity contribution >= 4 is 17.5 Å². The molecule has 5 nitrogen and oxygen atoms in total. The lowest BCUT2D eigenvalue weighted by molar-refractivity contribution is 0.0690. The molecule has 0 aliphatic heterocycles. The lowest BCUT2D eigenvalue weighted by Gasteiger charge is -2.27. The van der Waals surface area contributed by atoms with Crippen LogP contribution in [0, 0.1) is 6.92 Å². The monoisotopic (exact) mass is 387 g/mol. The van der Waals surface area contributed by atoms with E-state index in [4.69, 9.17) is 0 Å². The van der Waals surface area contributed by atoms with Gasteiger partial charge in [0.15, 0.2) is 0 Å². The number of anilines is 1. The Kier molecular flexibility index (Phi) is 6.39. The SMILES string of the molecule is Cc1ccccc1NC(=O)c1cc(C(=O)N(Cc2ccccc2)C(C)C)ccn1. The van der Waals surface area contributed by atoms with Crippen LogP contribution < -0.4 is 5.32 Å². The minimum Gasteiger partial charge on any atom is -0.332 e. The van der Waals surface area contributed by atoms with Gasteiger partial charge in [0, 0.05) is 30.0 Å². The maximum atomic E-state index is 13.1. The highest BCUT2D eigenvalue weighted by atomic mass is 16.2. The van der Waals surface area contributed by atoms with Crippen LogP contribution in [0.1, 0.15) is 45.8 Å². The number of rotatable bonds is 6. The normalized spacial score (nSPS) is 10.6. The Morgan fingerprint density at radius 3 is 2.38 bits per heavy atom. The number of aryl methyl sites for hydroxylation is 1. The van der Waals surface area contributed by atoms with Gasteiger partial charge in [-0.05, 0) is 50.1 Å². The Bertz CT molecular complexity index is 1000. The molecule has 0 aliphatic carbocycles. The molecule has 5 heteroatoms. The van der Waals surface area contributed by atoms with Gasteiger partial charge in [0.05, 0.1) is 0 Å². The highest BCUT2D eigenvalue weighted by Crippen LogP contribution is 2.16. The molecular weight excluding hydrogens is 362 g/mol. The molecule has 0 spiro atoms. The van der Waals surface area contributed by atoms with Gasteiger partial charge in [-0.3, -0.25) is 14.6 Å². The van der Waals surface area contributed by atoms with Crippen molar-refractivity contribution < 1.29 is 9.59 Å². The van der Waals surface area contributed by atoms with E-state index in [0.717, 1.165) is 16.8 Å². The van der Waals surface area contributed by atoms with Crippen LogP contribution in [0.15, 0.2) is 72.9 Å². The predicted octanol–water partition coefficient (Wildman–Crippen LogP) is 4.69. The Labute approximate surface area is 171 Å². The van der Waals surface area contributed by atoms with Gasteiger partial charge >= 0.3 is 0 Å². The van der Waals surface area contributed by atoms with Crippen molar-refractivity contribution in [1.29, 1.82) is 0 Å². The molecule has 0 atom stereocenters. The van der Waals surface area contributed by atoms with Crippen LogP contribution in [0.25, 0.3) is 0 Å². The van der Waals surface area contributed by atoms with E-state index in [-0.39, 0.29) is 23.6 Å². The number of nitrogens with zero attached hydrogens (tertiary/aromatic N) is 2. The third-order valence-electron chi connectivity index (χ3n) is 4.71. The summed E-state index contributed by atoms with van der Waals surface area (Å²) in [5.74, 6) is -0.468. The number of carbonyl (C=O) groups excluding carboxylic acids is 2. The zero-order chi connectivity index (χ0) is 20.8. The number of pyridine rings is 1. The number of nitrogens with one attached hydrogen (secondary N) is 1. The number of carbonyl (C=O) groups is 2. The fourth-order valence-corrected chi connectivity index (χ4v) is 3.02. The molecule has 0 radical (unpaired) electrons. The van der Waals surface area contributed by atoms with E-state index in [1.54, 1.807) is 17.0 Å². The second kappa shape index (κ2) is 9.15. The van der Waals surface area contributed by atoms with Gasteiger partial charge in [-0.15, -0.1) is 0 Å². The number of hydrogen-bond donors (Lipinski definition) is 1. The quantitative estimate of drug-likeness (QED) is 0.667. The summed E-state index contributed by atoms with van der Waals surface area (Å²) in [7, 11) is 0. The van der Waals surface area contributed by atoms with E-state index < -0.39 is 0 Å². The molecule has 0 unspecified atom stereocenters. The van der Waals surface area contributed by atoms with Crippen LogP contribution in [0.3, 0.4) is 0 Å². The third-order valence-corrected chi connectivity index (χ3v) is 4.71. The molecule has 1 heterocycles. The van der Waals surface area contributed by atoms with Gasteiger partial charge in [0.25, 0.3) is 11.8 Å². The molecule has 2 amide bonds. The van der Waals surface area contributed by atoms with Crippen molar-refractivity contribution in [2.45, 2.75) is 33.4 Å². The zero-order valence-corrected chi connectivity index (χ0v) is 16.9. The number of hydrogen-bond acceptors (Lipinski definition) is 3. The van der Waals surface area contributed by atoms with Crippen LogP contribution in [-0.4, -0.2) is 27.7 Å². The van der Waals surface area contributed by atoms with E-state index in [0.29, 0.717) is 12.1 Å². The number of para-hydroxylation sites is 1. The fourth-order valence-electron chi connectivity index (χ4n) is 3.02. The summed E-state index contributed by atoms with van der Waals surface area (Å²) >= 11 is 0. The molecule has 0 aliphatic rings. The second-order valence-corrected chi connectivity index (χ2v) is 7.21. The van der Waals surface area contributed by atoms with E-state index in [1.165, 1.54) is 6.20 Å². The van der Waals surface area contributed by atoms with Gasteiger partial charge in [-0.2, -0.15) is 0 Å². The van der Waals surface area contributed by atoms with Crippen LogP contribution in [-0.2, 0) is 6.54 Å². The first kappa shape index (κ1) is 20.3. The van der Waals surface area contributed by atoms with Crippen LogP contribution in [0.5, 0.6) is 0 Å². The van der Waals surface area contributed by atoms with Crippen molar-refractivity contribution in [3.8, 4) is 0 Å². The summed E-state index contributed by atoms with van der Waals surface area (Å²) in [6.45, 7) is 6.39. The number of benzene rings is 2. The highest BCUT2D eigenvalue weighted by Gasteiger charge is 2.21. The van der Waals surface area contributed by atoms with E-state index >= 15 is 0 Å². The summed E-state index contributed by atoms with van der Waals surface area (Å²) < 4.78 is 0. The molecule has 3 aromatic rings. The molecule has 148 valence electrons. The van der Waals surface area contributed by atoms with Crippen LogP contribution in [0.2, 0.25) is 0 Å². The molecule has 1 aromatic heterocycles. The smallest absolute Gasteiger partial charge is 0.274 e. The maximum Gasteiger partial charge on any atom is 0.274 e. The standard InChI is InChI=1S/C24H25N3O2/c1-17(2)27(16-19-10-5-4-6-11-19)24(29)20-13-14-25-22(15-20)23(28)26-21-12-8-7-9-18(21)3/h4-15,17H,16H2,1-3H3,(H,26,28). The Hall–Kier alpha value is -3.47. The molecule has 0 saturated heterocycles. The van der Waals surface area contributed by atoms with Gasteiger partial charge < -0.3 is 10.2 Å². The molecule has 1 N–H and O–H groups in total. The van der Waals surface area contributed by atoms with E-state index in [1.807, 2.05) is 75.4 Å². The van der Waals surface area contributed by atoms with E-state index in [2.05, 4.69) is 10.3 Å². The number of aromatic nitrogens is 1. The topological polar surface area (TPSA) is 62.3 Å². The lowest BCUT2D eigenvalue weighted by Crippen LogP contribution is -2.36. The largest absolute Gasteiger partial charge is 0.332 e. The average molecular weight is 387 g/mol. The number of amides is 2. The van der Waals surface area contributed by atoms with Crippen LogP contribution in [0.4, 0.5) is 5.69 Å². The predicted molar refractivity (Wildman–Crippen MR) is 115 cm³/mol. The van der Waals surface area contributed by atoms with Gasteiger partial charge in [-0.1, -0.05) is 48.5 Å². The minimum atomic E-state index is -0.340. The Morgan fingerprint density at radius 2 is 1.69 bits per heavy atom. The highest BCUT2D eigenvalue weighted by molar-refractivity contribution is 6.05. The first-order chi connectivity index (χ1) is 14.0. The first-order valence-corrected chi connectivity index (χ1v) is 9.63. The zero-order valence-electron chi connectivity index (χ0n) is 16.9. The van der Waals surface area contributed by atoms with Gasteiger partial charge in [0.2, 0.25) is 0 Å².